The Morgan fingerprint density at radius 1 is 0.717 bits per heavy atom. The second kappa shape index (κ2) is 26.7. The number of nitrogens with zero attached hydrogens (tertiary/aromatic N) is 1. The zero-order valence-corrected chi connectivity index (χ0v) is 35.5. The Morgan fingerprint density at radius 3 is 1.85 bits per heavy atom. The lowest BCUT2D eigenvalue weighted by atomic mass is 9.99. The fourth-order valence-electron chi connectivity index (χ4n) is 5.32. The van der Waals surface area contributed by atoms with Crippen LogP contribution in [0.5, 0.6) is 0 Å². The second-order valence-electron chi connectivity index (χ2n) is 14.5. The molecule has 8 amide bonds. The van der Waals surface area contributed by atoms with Crippen LogP contribution in [0.2, 0.25) is 0 Å². The third-order valence-electron chi connectivity index (χ3n) is 8.44. The third-order valence-corrected chi connectivity index (χ3v) is 10.9. The smallest absolute Gasteiger partial charge is 0.327 e. The van der Waals surface area contributed by atoms with Gasteiger partial charge in [0.2, 0.25) is 47.3 Å². The van der Waals surface area contributed by atoms with Gasteiger partial charge in [-0.15, -0.1) is 0 Å². The van der Waals surface area contributed by atoms with Gasteiger partial charge in [0.05, 0.1) is 19.0 Å². The summed E-state index contributed by atoms with van der Waals surface area (Å²) >= 11 is 0. The molecule has 24 nitrogen and oxygen atoms in total. The summed E-state index contributed by atoms with van der Waals surface area (Å²) in [7, 11) is 1.92. The van der Waals surface area contributed by atoms with E-state index < -0.39 is 133 Å². The first-order chi connectivity index (χ1) is 28.0. The second-order valence-corrected chi connectivity index (χ2v) is 17.1. The normalized spacial score (nSPS) is 25.1. The molecule has 0 unspecified atom stereocenters. The van der Waals surface area contributed by atoms with Crippen LogP contribution >= 0.6 is 21.6 Å². The largest absolute Gasteiger partial charge is 0.481 e. The number of carboxylic acid groups (broad SMARTS) is 2. The quantitative estimate of drug-likeness (QED) is 0.0358. The van der Waals surface area contributed by atoms with Crippen LogP contribution in [0.25, 0.3) is 0 Å². The van der Waals surface area contributed by atoms with E-state index in [0.717, 1.165) is 21.6 Å². The molecule has 338 valence electrons. The van der Waals surface area contributed by atoms with Gasteiger partial charge in [0, 0.05) is 24.5 Å². The van der Waals surface area contributed by atoms with Crippen molar-refractivity contribution in [2.75, 3.05) is 24.6 Å². The summed E-state index contributed by atoms with van der Waals surface area (Å²) in [5.74, 6) is -11.6. The number of nitrogens with two attached hydrogens (primary N) is 4. The van der Waals surface area contributed by atoms with E-state index in [1.54, 1.807) is 27.7 Å². The van der Waals surface area contributed by atoms with Gasteiger partial charge in [-0.2, -0.15) is 0 Å². The van der Waals surface area contributed by atoms with Gasteiger partial charge in [0.25, 0.3) is 0 Å². The number of guanidine groups is 1. The number of aliphatic imine (C=N–C) groups is 1. The molecule has 0 saturated carbocycles. The van der Waals surface area contributed by atoms with Crippen molar-refractivity contribution in [1.82, 2.24) is 37.2 Å². The van der Waals surface area contributed by atoms with Crippen molar-refractivity contribution < 1.29 is 58.2 Å². The van der Waals surface area contributed by atoms with Crippen molar-refractivity contribution in [3.8, 4) is 0 Å². The van der Waals surface area contributed by atoms with Crippen molar-refractivity contribution in [2.45, 2.75) is 109 Å². The molecule has 26 heteroatoms. The summed E-state index contributed by atoms with van der Waals surface area (Å²) in [6, 6.07) is -9.93. The highest BCUT2D eigenvalue weighted by molar-refractivity contribution is 8.76. The first-order valence-corrected chi connectivity index (χ1v) is 21.4. The van der Waals surface area contributed by atoms with Crippen LogP contribution in [0.1, 0.15) is 66.2 Å². The van der Waals surface area contributed by atoms with E-state index in [4.69, 9.17) is 22.9 Å². The van der Waals surface area contributed by atoms with Gasteiger partial charge in [-0.3, -0.25) is 48.1 Å². The first-order valence-electron chi connectivity index (χ1n) is 18.9. The van der Waals surface area contributed by atoms with Gasteiger partial charge in [0.15, 0.2) is 5.96 Å². The Balaban J connectivity index is 3.63. The van der Waals surface area contributed by atoms with Gasteiger partial charge in [-0.05, 0) is 37.5 Å². The molecule has 0 spiro atoms. The fourth-order valence-corrected chi connectivity index (χ4v) is 7.60. The molecule has 0 bridgehead atoms. The molecule has 7 atom stereocenters. The van der Waals surface area contributed by atoms with E-state index in [0.29, 0.717) is 0 Å². The van der Waals surface area contributed by atoms with E-state index in [-0.39, 0.29) is 49.2 Å². The summed E-state index contributed by atoms with van der Waals surface area (Å²) in [4.78, 5) is 133. The molecule has 0 aromatic rings. The van der Waals surface area contributed by atoms with E-state index in [1.807, 2.05) is 0 Å². The topological polar surface area (TPSA) is 412 Å². The molecule has 1 saturated heterocycles. The number of nitrogens with one attached hydrogen (secondary N) is 7. The van der Waals surface area contributed by atoms with Crippen LogP contribution in [0.3, 0.4) is 0 Å². The molecule has 1 aliphatic heterocycles. The number of carbonyl (C=O) groups excluding carboxylic acids is 8. The number of carbonyl (C=O) groups is 10. The lowest BCUT2D eigenvalue weighted by molar-refractivity contribution is -0.142. The summed E-state index contributed by atoms with van der Waals surface area (Å²) in [5.41, 5.74) is 22.2. The minimum atomic E-state index is -1.64. The van der Waals surface area contributed by atoms with E-state index in [1.165, 1.54) is 0 Å². The molecular weight excluding hydrogens is 833 g/mol. The summed E-state index contributed by atoms with van der Waals surface area (Å²) < 4.78 is 0. The zero-order chi connectivity index (χ0) is 45.7. The van der Waals surface area contributed by atoms with E-state index in [9.17, 15) is 58.2 Å². The lowest BCUT2D eigenvalue weighted by Crippen LogP contribution is -2.60. The molecule has 1 fully saturated rings. The highest BCUT2D eigenvalue weighted by atomic mass is 33.1. The molecule has 1 rings (SSSR count). The van der Waals surface area contributed by atoms with Crippen LogP contribution in [0, 0.1) is 11.8 Å². The lowest BCUT2D eigenvalue weighted by Gasteiger charge is -2.28. The number of hydrogen-bond acceptors (Lipinski definition) is 14. The van der Waals surface area contributed by atoms with Gasteiger partial charge in [-0.1, -0.05) is 49.3 Å². The van der Waals surface area contributed by atoms with Crippen molar-refractivity contribution in [1.29, 1.82) is 0 Å². The van der Waals surface area contributed by atoms with Crippen LogP contribution in [-0.2, 0) is 47.9 Å². The van der Waals surface area contributed by atoms with E-state index in [2.05, 4.69) is 42.2 Å². The molecule has 0 aromatic carbocycles. The number of hydrogen-bond donors (Lipinski definition) is 13. The highest BCUT2D eigenvalue weighted by Crippen LogP contribution is 2.23. The molecular formula is C34H58N12O12S2. The standard InChI is InChI=1S/C34H58N12O12S2/c1-15(2)10-20-31(55)43-21(11-23(36)47)28(52)40-12-24(48)41-18(6-5-9-39-34(37)38)29(53)42-19(7-8-25(49)50)30(54)45-22(33(57)58)14-60-59-13-17(35)27(51)46-26(16(3)4)32(56)44-20/h15-22,26H,5-14,35H2,1-4H3,(H2,36,47)(H,40,52)(H,41,48)(H,42,53)(H,43,55)(H,44,56)(H,45,54)(H,46,51)(H,49,50)(H,57,58)(H4,37,38,39)/t17-,18-,19-,20-,21-,22-,26-/m0/s1. The summed E-state index contributed by atoms with van der Waals surface area (Å²) in [5, 5.41) is 35.9. The Bertz CT molecular complexity index is 1600. The summed E-state index contributed by atoms with van der Waals surface area (Å²) in [6.07, 6.45) is -1.85. The molecule has 0 aromatic heterocycles. The fraction of sp³-hybridized carbons (Fsp3) is 0.676. The number of carboxylic acids is 2. The number of primary amides is 1. The molecule has 17 N–H and O–H groups in total. The average molecular weight is 891 g/mol. The van der Waals surface area contributed by atoms with Gasteiger partial charge < -0.3 is 70.4 Å². The minimum Gasteiger partial charge on any atom is -0.481 e. The van der Waals surface area contributed by atoms with Crippen molar-refractivity contribution in [2.24, 2.45) is 39.8 Å². The number of amides is 8. The maximum absolute atomic E-state index is 13.6. The highest BCUT2D eigenvalue weighted by Gasteiger charge is 2.34. The van der Waals surface area contributed by atoms with Gasteiger partial charge >= 0.3 is 11.9 Å². The Kier molecular flexibility index (Phi) is 23.4. The first kappa shape index (κ1) is 52.6. The van der Waals surface area contributed by atoms with Crippen molar-refractivity contribution in [3.63, 3.8) is 0 Å². The Labute approximate surface area is 354 Å². The molecule has 0 aliphatic carbocycles. The van der Waals surface area contributed by atoms with Crippen LogP contribution < -0.4 is 60.2 Å². The summed E-state index contributed by atoms with van der Waals surface area (Å²) in [6.45, 7) is 5.97. The maximum Gasteiger partial charge on any atom is 0.327 e. The average Bonchev–Trinajstić information content (AvgIpc) is 3.14. The Morgan fingerprint density at radius 2 is 1.28 bits per heavy atom. The molecule has 60 heavy (non-hydrogen) atoms. The molecule has 1 heterocycles. The van der Waals surface area contributed by atoms with Crippen LogP contribution in [0.4, 0.5) is 0 Å². The van der Waals surface area contributed by atoms with Crippen LogP contribution in [0.15, 0.2) is 4.99 Å². The maximum atomic E-state index is 13.6. The SMILES string of the molecule is CC(C)C[C@@H]1NC(=O)[C@H](C(C)C)NC(=O)[C@@H](N)CSSC[C@@H](C(=O)O)NC(=O)[C@H](CCC(=O)O)NC(=O)[C@H](CCCN=C(N)N)NC(=O)CNC(=O)[C@H](CC(N)=O)NC1=O. The van der Waals surface area contributed by atoms with Crippen LogP contribution in [-0.4, -0.2) is 142 Å². The Hall–Kier alpha value is -5.37. The predicted octanol–water partition coefficient (Wildman–Crippen LogP) is -4.69. The van der Waals surface area contributed by atoms with Gasteiger partial charge in [0.1, 0.15) is 36.3 Å². The third kappa shape index (κ3) is 20.5. The molecule has 1 aliphatic rings. The van der Waals surface area contributed by atoms with Crippen molar-refractivity contribution in [3.05, 3.63) is 0 Å². The molecule has 0 radical (unpaired) electrons. The monoisotopic (exact) mass is 890 g/mol. The van der Waals surface area contributed by atoms with Gasteiger partial charge in [-0.25, -0.2) is 4.79 Å². The number of aliphatic carboxylic acids is 2. The minimum absolute atomic E-state index is 0.00191. The van der Waals surface area contributed by atoms with Crippen molar-refractivity contribution >= 4 is 86.7 Å². The predicted molar refractivity (Wildman–Crippen MR) is 220 cm³/mol. The number of rotatable bonds is 13. The van der Waals surface area contributed by atoms with E-state index >= 15 is 0 Å². The zero-order valence-electron chi connectivity index (χ0n) is 33.8.